The normalized spacial score (nSPS) is 21.3. The SMILES string of the molecule is C=C1C=CC(=O)OC2(CCN(c3ccccc3)CC2)O1. The van der Waals surface area contributed by atoms with Crippen molar-refractivity contribution >= 4 is 11.7 Å². The molecule has 0 saturated carbocycles. The van der Waals surface area contributed by atoms with Gasteiger partial charge in [0.1, 0.15) is 5.76 Å². The van der Waals surface area contributed by atoms with Crippen molar-refractivity contribution in [3.8, 4) is 0 Å². The first-order chi connectivity index (χ1) is 9.67. The van der Waals surface area contributed by atoms with Crippen LogP contribution in [0.5, 0.6) is 0 Å². The van der Waals surface area contributed by atoms with Gasteiger partial charge < -0.3 is 14.4 Å². The zero-order valence-electron chi connectivity index (χ0n) is 11.2. The van der Waals surface area contributed by atoms with Crippen LogP contribution in [-0.4, -0.2) is 24.8 Å². The van der Waals surface area contributed by atoms with E-state index in [2.05, 4.69) is 23.6 Å². The molecule has 4 heteroatoms. The number of nitrogens with zero attached hydrogens (tertiary/aromatic N) is 1. The summed E-state index contributed by atoms with van der Waals surface area (Å²) in [5, 5.41) is 0. The number of hydrogen-bond donors (Lipinski definition) is 0. The maximum absolute atomic E-state index is 11.6. The molecule has 20 heavy (non-hydrogen) atoms. The Morgan fingerprint density at radius 2 is 1.75 bits per heavy atom. The van der Waals surface area contributed by atoms with Crippen molar-refractivity contribution < 1.29 is 14.3 Å². The van der Waals surface area contributed by atoms with Gasteiger partial charge in [-0.1, -0.05) is 24.8 Å². The lowest BCUT2D eigenvalue weighted by Crippen LogP contribution is -2.48. The zero-order chi connectivity index (χ0) is 14.0. The number of carbonyl (C=O) groups is 1. The zero-order valence-corrected chi connectivity index (χ0v) is 11.2. The molecule has 0 atom stereocenters. The minimum Gasteiger partial charge on any atom is -0.453 e. The van der Waals surface area contributed by atoms with Crippen LogP contribution in [0.15, 0.2) is 54.8 Å². The summed E-state index contributed by atoms with van der Waals surface area (Å²) >= 11 is 0. The van der Waals surface area contributed by atoms with E-state index in [0.717, 1.165) is 13.1 Å². The third-order valence-electron chi connectivity index (χ3n) is 3.66. The van der Waals surface area contributed by atoms with Gasteiger partial charge in [-0.2, -0.15) is 0 Å². The number of allylic oxidation sites excluding steroid dienone is 1. The maximum atomic E-state index is 11.6. The lowest BCUT2D eigenvalue weighted by molar-refractivity contribution is -0.215. The Balaban J connectivity index is 1.71. The van der Waals surface area contributed by atoms with Gasteiger partial charge in [-0.15, -0.1) is 0 Å². The second-order valence-corrected chi connectivity index (χ2v) is 5.06. The molecule has 2 heterocycles. The lowest BCUT2D eigenvalue weighted by Gasteiger charge is -2.40. The van der Waals surface area contributed by atoms with Gasteiger partial charge in [0.15, 0.2) is 0 Å². The highest BCUT2D eigenvalue weighted by molar-refractivity contribution is 5.83. The molecule has 0 amide bonds. The summed E-state index contributed by atoms with van der Waals surface area (Å²) in [4.78, 5) is 13.9. The second kappa shape index (κ2) is 5.04. The van der Waals surface area contributed by atoms with Gasteiger partial charge in [0.2, 0.25) is 0 Å². The molecule has 1 aromatic rings. The van der Waals surface area contributed by atoms with Crippen molar-refractivity contribution in [1.29, 1.82) is 0 Å². The highest BCUT2D eigenvalue weighted by Gasteiger charge is 2.41. The molecule has 1 spiro atoms. The molecular formula is C16H17NO3. The largest absolute Gasteiger partial charge is 0.453 e. The number of anilines is 1. The van der Waals surface area contributed by atoms with E-state index in [1.807, 2.05) is 18.2 Å². The number of benzene rings is 1. The first-order valence-electron chi connectivity index (χ1n) is 6.76. The first kappa shape index (κ1) is 12.8. The van der Waals surface area contributed by atoms with Crippen molar-refractivity contribution in [1.82, 2.24) is 0 Å². The third-order valence-corrected chi connectivity index (χ3v) is 3.66. The summed E-state index contributed by atoms with van der Waals surface area (Å²) in [6, 6.07) is 10.2. The van der Waals surface area contributed by atoms with Gasteiger partial charge >= 0.3 is 5.97 Å². The molecule has 1 fully saturated rings. The highest BCUT2D eigenvalue weighted by atomic mass is 16.7. The molecular weight excluding hydrogens is 254 g/mol. The summed E-state index contributed by atoms with van der Waals surface area (Å²) in [6.45, 7) is 5.35. The Hall–Kier alpha value is -2.23. The van der Waals surface area contributed by atoms with Crippen molar-refractivity contribution in [3.05, 3.63) is 54.8 Å². The van der Waals surface area contributed by atoms with Gasteiger partial charge in [-0.05, 0) is 18.2 Å². The van der Waals surface area contributed by atoms with E-state index in [4.69, 9.17) is 9.47 Å². The fourth-order valence-electron chi connectivity index (χ4n) is 2.62. The van der Waals surface area contributed by atoms with Crippen LogP contribution >= 0.6 is 0 Å². The Kier molecular flexibility index (Phi) is 3.22. The third kappa shape index (κ3) is 2.54. The molecule has 104 valence electrons. The van der Waals surface area contributed by atoms with Gasteiger partial charge in [-0.25, -0.2) is 4.79 Å². The predicted octanol–water partition coefficient (Wildman–Crippen LogP) is 2.63. The summed E-state index contributed by atoms with van der Waals surface area (Å²) in [5.74, 6) is -0.746. The number of rotatable bonds is 1. The summed E-state index contributed by atoms with van der Waals surface area (Å²) in [5.41, 5.74) is 1.18. The molecule has 0 aromatic heterocycles. The quantitative estimate of drug-likeness (QED) is 0.736. The molecule has 0 N–H and O–H groups in total. The van der Waals surface area contributed by atoms with Crippen molar-refractivity contribution in [2.24, 2.45) is 0 Å². The Labute approximate surface area is 118 Å². The molecule has 0 bridgehead atoms. The van der Waals surface area contributed by atoms with Crippen LogP contribution < -0.4 is 4.90 Å². The molecule has 0 aliphatic carbocycles. The Morgan fingerprint density at radius 3 is 2.45 bits per heavy atom. The van der Waals surface area contributed by atoms with Crippen LogP contribution in [0.4, 0.5) is 5.69 Å². The Bertz CT molecular complexity index is 520. The standard InChI is InChI=1S/C16H17NO3/c1-13-7-8-15(18)20-16(19-13)9-11-17(12-10-16)14-5-3-2-4-6-14/h2-8H,1,9-12H2. The average Bonchev–Trinajstić information content (AvgIpc) is 2.60. The number of piperidine rings is 1. The van der Waals surface area contributed by atoms with Crippen LogP contribution in [0.2, 0.25) is 0 Å². The van der Waals surface area contributed by atoms with E-state index in [1.54, 1.807) is 6.08 Å². The van der Waals surface area contributed by atoms with Gasteiger partial charge in [0.05, 0.1) is 0 Å². The van der Waals surface area contributed by atoms with Crippen LogP contribution in [0.3, 0.4) is 0 Å². The molecule has 0 radical (unpaired) electrons. The number of esters is 1. The smallest absolute Gasteiger partial charge is 0.334 e. The molecule has 2 aliphatic rings. The van der Waals surface area contributed by atoms with Crippen LogP contribution in [-0.2, 0) is 14.3 Å². The van der Waals surface area contributed by atoms with Crippen molar-refractivity contribution in [2.45, 2.75) is 18.6 Å². The molecule has 1 saturated heterocycles. The van der Waals surface area contributed by atoms with E-state index < -0.39 is 5.79 Å². The summed E-state index contributed by atoms with van der Waals surface area (Å²) in [6.07, 6.45) is 4.18. The molecule has 2 aliphatic heterocycles. The average molecular weight is 271 g/mol. The lowest BCUT2D eigenvalue weighted by atomic mass is 10.0. The van der Waals surface area contributed by atoms with E-state index in [-0.39, 0.29) is 5.97 Å². The molecule has 0 unspecified atom stereocenters. The predicted molar refractivity (Wildman–Crippen MR) is 76.1 cm³/mol. The highest BCUT2D eigenvalue weighted by Crippen LogP contribution is 2.33. The van der Waals surface area contributed by atoms with Crippen LogP contribution in [0.1, 0.15) is 12.8 Å². The topological polar surface area (TPSA) is 38.8 Å². The second-order valence-electron chi connectivity index (χ2n) is 5.06. The van der Waals surface area contributed by atoms with E-state index in [1.165, 1.54) is 11.8 Å². The van der Waals surface area contributed by atoms with E-state index in [9.17, 15) is 4.79 Å². The van der Waals surface area contributed by atoms with Gasteiger partial charge in [0.25, 0.3) is 5.79 Å². The van der Waals surface area contributed by atoms with Crippen molar-refractivity contribution in [3.63, 3.8) is 0 Å². The minimum atomic E-state index is -0.858. The summed E-state index contributed by atoms with van der Waals surface area (Å²) < 4.78 is 11.2. The fraction of sp³-hybridized carbons (Fsp3) is 0.312. The Morgan fingerprint density at radius 1 is 1.05 bits per heavy atom. The van der Waals surface area contributed by atoms with Gasteiger partial charge in [0, 0.05) is 37.7 Å². The number of ether oxygens (including phenoxy) is 2. The number of carbonyl (C=O) groups excluding carboxylic acids is 1. The molecule has 4 nitrogen and oxygen atoms in total. The molecule has 1 aromatic carbocycles. The van der Waals surface area contributed by atoms with Crippen LogP contribution in [0, 0.1) is 0 Å². The van der Waals surface area contributed by atoms with E-state index >= 15 is 0 Å². The number of hydrogen-bond acceptors (Lipinski definition) is 4. The maximum Gasteiger partial charge on any atom is 0.334 e. The monoisotopic (exact) mass is 271 g/mol. The minimum absolute atomic E-state index is 0.364. The van der Waals surface area contributed by atoms with E-state index in [0.29, 0.717) is 18.6 Å². The molecule has 3 rings (SSSR count). The van der Waals surface area contributed by atoms with Crippen LogP contribution in [0.25, 0.3) is 0 Å². The van der Waals surface area contributed by atoms with Gasteiger partial charge in [-0.3, -0.25) is 0 Å². The van der Waals surface area contributed by atoms with Crippen molar-refractivity contribution in [2.75, 3.05) is 18.0 Å². The number of para-hydroxylation sites is 1. The fourth-order valence-corrected chi connectivity index (χ4v) is 2.62. The summed E-state index contributed by atoms with van der Waals surface area (Å²) in [7, 11) is 0. The first-order valence-corrected chi connectivity index (χ1v) is 6.76.